The maximum Gasteiger partial charge on any atom is 0.348 e. The monoisotopic (exact) mass is 266 g/mol. The molecule has 0 bridgehead atoms. The van der Waals surface area contributed by atoms with Gasteiger partial charge in [0.25, 0.3) is 5.56 Å². The van der Waals surface area contributed by atoms with E-state index in [2.05, 4.69) is 4.98 Å². The Hall–Kier alpha value is -1.69. The summed E-state index contributed by atoms with van der Waals surface area (Å²) >= 11 is 1.20. The van der Waals surface area contributed by atoms with Crippen molar-refractivity contribution in [1.29, 1.82) is 0 Å². The van der Waals surface area contributed by atoms with Gasteiger partial charge in [0, 0.05) is 13.5 Å². The molecule has 0 aliphatic rings. The van der Waals surface area contributed by atoms with Crippen molar-refractivity contribution in [3.05, 3.63) is 27.1 Å². The first-order valence-corrected chi connectivity index (χ1v) is 6.56. The summed E-state index contributed by atoms with van der Waals surface area (Å²) in [7, 11) is 1.69. The lowest BCUT2D eigenvalue weighted by Gasteiger charge is -2.03. The molecule has 2 heterocycles. The van der Waals surface area contributed by atoms with Crippen LogP contribution in [0.2, 0.25) is 0 Å². The van der Waals surface area contributed by atoms with E-state index in [1.54, 1.807) is 20.0 Å². The Labute approximate surface area is 108 Å². The molecule has 0 atom stereocenters. The maximum absolute atomic E-state index is 12.1. The lowest BCUT2D eigenvalue weighted by Crippen LogP contribution is -2.21. The summed E-state index contributed by atoms with van der Waals surface area (Å²) in [4.78, 5) is 29.1. The minimum atomic E-state index is -0.402. The molecule has 18 heavy (non-hydrogen) atoms. The van der Waals surface area contributed by atoms with Crippen molar-refractivity contribution < 1.29 is 9.53 Å². The molecule has 0 spiro atoms. The van der Waals surface area contributed by atoms with E-state index in [0.29, 0.717) is 33.9 Å². The molecule has 5 nitrogen and oxygen atoms in total. The predicted octanol–water partition coefficient (Wildman–Crippen LogP) is 1.73. The Bertz CT molecular complexity index is 657. The molecule has 0 fully saturated rings. The lowest BCUT2D eigenvalue weighted by atomic mass is 10.3. The van der Waals surface area contributed by atoms with Gasteiger partial charge in [-0.25, -0.2) is 9.78 Å². The molecule has 2 aromatic heterocycles. The Morgan fingerprint density at radius 1 is 1.50 bits per heavy atom. The molecule has 0 amide bonds. The zero-order valence-electron chi connectivity index (χ0n) is 10.5. The minimum Gasteiger partial charge on any atom is -0.462 e. The molecule has 0 aliphatic carbocycles. The molecule has 0 aromatic carbocycles. The second-order valence-electron chi connectivity index (χ2n) is 3.80. The third kappa shape index (κ3) is 2.03. The number of thiophene rings is 1. The van der Waals surface area contributed by atoms with Crippen LogP contribution in [0, 0.1) is 0 Å². The fourth-order valence-electron chi connectivity index (χ4n) is 1.73. The lowest BCUT2D eigenvalue weighted by molar-refractivity contribution is 0.0532. The van der Waals surface area contributed by atoms with E-state index in [-0.39, 0.29) is 5.56 Å². The molecule has 0 saturated heterocycles. The van der Waals surface area contributed by atoms with Crippen molar-refractivity contribution >= 4 is 27.5 Å². The van der Waals surface area contributed by atoms with Crippen LogP contribution in [-0.4, -0.2) is 22.1 Å². The summed E-state index contributed by atoms with van der Waals surface area (Å²) in [5.41, 5.74) is -0.122. The Kier molecular flexibility index (Phi) is 3.47. The van der Waals surface area contributed by atoms with Crippen molar-refractivity contribution in [2.75, 3.05) is 6.61 Å². The van der Waals surface area contributed by atoms with Crippen LogP contribution in [0.25, 0.3) is 10.2 Å². The van der Waals surface area contributed by atoms with E-state index in [0.717, 1.165) is 0 Å². The third-order valence-electron chi connectivity index (χ3n) is 2.66. The molecule has 0 saturated carbocycles. The Morgan fingerprint density at radius 2 is 2.22 bits per heavy atom. The zero-order valence-corrected chi connectivity index (χ0v) is 11.3. The number of fused-ring (bicyclic) bond motifs is 1. The maximum atomic E-state index is 12.1. The van der Waals surface area contributed by atoms with Crippen molar-refractivity contribution in [3.63, 3.8) is 0 Å². The average Bonchev–Trinajstić information content (AvgIpc) is 2.78. The Balaban J connectivity index is 2.61. The standard InChI is InChI=1S/C12H14N2O3S/c1-4-9-13-10-7(11(15)14(9)3)6-8(18-10)12(16)17-5-2/h6H,4-5H2,1-3H3. The number of carbonyl (C=O) groups excluding carboxylic acids is 1. The summed E-state index contributed by atoms with van der Waals surface area (Å²) in [6, 6.07) is 1.56. The van der Waals surface area contributed by atoms with Gasteiger partial charge in [-0.1, -0.05) is 6.92 Å². The molecular weight excluding hydrogens is 252 g/mol. The van der Waals surface area contributed by atoms with Gasteiger partial charge in [0.1, 0.15) is 15.5 Å². The van der Waals surface area contributed by atoms with E-state index in [1.165, 1.54) is 15.9 Å². The summed E-state index contributed by atoms with van der Waals surface area (Å²) in [5.74, 6) is 0.311. The van der Waals surface area contributed by atoms with Gasteiger partial charge in [0.05, 0.1) is 12.0 Å². The normalized spacial score (nSPS) is 10.8. The van der Waals surface area contributed by atoms with Gasteiger partial charge in [0.15, 0.2) is 0 Å². The van der Waals surface area contributed by atoms with Crippen molar-refractivity contribution in [3.8, 4) is 0 Å². The van der Waals surface area contributed by atoms with Gasteiger partial charge in [-0.05, 0) is 13.0 Å². The number of ether oxygens (including phenoxy) is 1. The van der Waals surface area contributed by atoms with Crippen LogP contribution in [0.15, 0.2) is 10.9 Å². The number of rotatable bonds is 3. The number of nitrogens with zero attached hydrogens (tertiary/aromatic N) is 2. The summed E-state index contributed by atoms with van der Waals surface area (Å²) < 4.78 is 6.44. The molecule has 0 unspecified atom stereocenters. The molecule has 2 aromatic rings. The highest BCUT2D eigenvalue weighted by atomic mass is 32.1. The predicted molar refractivity (Wildman–Crippen MR) is 70.2 cm³/mol. The van der Waals surface area contributed by atoms with Crippen LogP contribution in [0.3, 0.4) is 0 Å². The van der Waals surface area contributed by atoms with E-state index in [9.17, 15) is 9.59 Å². The molecule has 0 N–H and O–H groups in total. The number of hydrogen-bond donors (Lipinski definition) is 0. The van der Waals surface area contributed by atoms with Gasteiger partial charge in [0.2, 0.25) is 0 Å². The van der Waals surface area contributed by atoms with Crippen molar-refractivity contribution in [1.82, 2.24) is 9.55 Å². The zero-order chi connectivity index (χ0) is 13.3. The number of aryl methyl sites for hydroxylation is 1. The van der Waals surface area contributed by atoms with Gasteiger partial charge in [-0.3, -0.25) is 9.36 Å². The summed E-state index contributed by atoms with van der Waals surface area (Å²) in [5, 5.41) is 0.475. The first kappa shape index (κ1) is 12.8. The highest BCUT2D eigenvalue weighted by Gasteiger charge is 2.15. The van der Waals surface area contributed by atoms with E-state index >= 15 is 0 Å². The fourth-order valence-corrected chi connectivity index (χ4v) is 2.66. The van der Waals surface area contributed by atoms with E-state index in [4.69, 9.17) is 4.74 Å². The van der Waals surface area contributed by atoms with Gasteiger partial charge < -0.3 is 4.74 Å². The smallest absolute Gasteiger partial charge is 0.348 e. The van der Waals surface area contributed by atoms with Crippen molar-refractivity contribution in [2.24, 2.45) is 7.05 Å². The van der Waals surface area contributed by atoms with Crippen molar-refractivity contribution in [2.45, 2.75) is 20.3 Å². The second-order valence-corrected chi connectivity index (χ2v) is 4.83. The highest BCUT2D eigenvalue weighted by Crippen LogP contribution is 2.22. The quantitative estimate of drug-likeness (QED) is 0.794. The SMILES string of the molecule is CCOC(=O)c1cc2c(=O)n(C)c(CC)nc2s1. The number of aromatic nitrogens is 2. The molecule has 0 aliphatic heterocycles. The van der Waals surface area contributed by atoms with Crippen LogP contribution < -0.4 is 5.56 Å². The third-order valence-corrected chi connectivity index (χ3v) is 3.67. The van der Waals surface area contributed by atoms with E-state index < -0.39 is 5.97 Å². The first-order valence-electron chi connectivity index (χ1n) is 5.75. The summed E-state index contributed by atoms with van der Waals surface area (Å²) in [6.07, 6.45) is 0.675. The van der Waals surface area contributed by atoms with Crippen LogP contribution in [-0.2, 0) is 18.2 Å². The van der Waals surface area contributed by atoms with Gasteiger partial charge in [-0.2, -0.15) is 0 Å². The molecule has 2 rings (SSSR count). The second kappa shape index (κ2) is 4.89. The van der Waals surface area contributed by atoms with E-state index in [1.807, 2.05) is 6.92 Å². The molecule has 6 heteroatoms. The van der Waals surface area contributed by atoms with Gasteiger partial charge in [-0.15, -0.1) is 11.3 Å². The molecular formula is C12H14N2O3S. The summed E-state index contributed by atoms with van der Waals surface area (Å²) in [6.45, 7) is 4.00. The van der Waals surface area contributed by atoms with Crippen LogP contribution in [0.4, 0.5) is 0 Å². The first-order chi connectivity index (χ1) is 8.58. The van der Waals surface area contributed by atoms with Crippen LogP contribution in [0.5, 0.6) is 0 Å². The molecule has 96 valence electrons. The topological polar surface area (TPSA) is 61.2 Å². The highest BCUT2D eigenvalue weighted by molar-refractivity contribution is 7.20. The number of hydrogen-bond acceptors (Lipinski definition) is 5. The largest absolute Gasteiger partial charge is 0.462 e. The minimum absolute atomic E-state index is 0.122. The number of carbonyl (C=O) groups is 1. The molecule has 0 radical (unpaired) electrons. The van der Waals surface area contributed by atoms with Crippen LogP contribution in [0.1, 0.15) is 29.3 Å². The van der Waals surface area contributed by atoms with Gasteiger partial charge >= 0.3 is 5.97 Å². The number of esters is 1. The fraction of sp³-hybridized carbons (Fsp3) is 0.417. The average molecular weight is 266 g/mol. The van der Waals surface area contributed by atoms with Crippen LogP contribution >= 0.6 is 11.3 Å². The Morgan fingerprint density at radius 3 is 2.83 bits per heavy atom.